The van der Waals surface area contributed by atoms with Gasteiger partial charge in [0.1, 0.15) is 16.6 Å². The van der Waals surface area contributed by atoms with Gasteiger partial charge in [-0.15, -0.1) is 11.3 Å². The van der Waals surface area contributed by atoms with E-state index in [0.29, 0.717) is 17.0 Å². The highest BCUT2D eigenvalue weighted by molar-refractivity contribution is 7.10. The first-order chi connectivity index (χ1) is 8.11. The van der Waals surface area contributed by atoms with Crippen LogP contribution in [-0.2, 0) is 0 Å². The van der Waals surface area contributed by atoms with Crippen molar-refractivity contribution in [2.24, 2.45) is 5.73 Å². The molecule has 0 saturated heterocycles. The fraction of sp³-hybridized carbons (Fsp3) is 0.250. The number of nitrogens with zero attached hydrogens (tertiary/aromatic N) is 1. The average molecular weight is 252 g/mol. The summed E-state index contributed by atoms with van der Waals surface area (Å²) in [6.07, 6.45) is 0. The van der Waals surface area contributed by atoms with Gasteiger partial charge in [-0.1, -0.05) is 0 Å². The first-order valence-electron chi connectivity index (χ1n) is 5.16. The zero-order valence-electron chi connectivity index (χ0n) is 9.61. The molecule has 0 radical (unpaired) electrons. The smallest absolute Gasteiger partial charge is 0.128 e. The maximum Gasteiger partial charge on any atom is 0.128 e. The van der Waals surface area contributed by atoms with Gasteiger partial charge in [0.05, 0.1) is 18.8 Å². The van der Waals surface area contributed by atoms with Crippen molar-refractivity contribution in [3.8, 4) is 17.0 Å². The van der Waals surface area contributed by atoms with Gasteiger partial charge in [0.2, 0.25) is 0 Å². The van der Waals surface area contributed by atoms with Gasteiger partial charge in [0, 0.05) is 10.9 Å². The van der Waals surface area contributed by atoms with Crippen LogP contribution in [0.15, 0.2) is 23.6 Å². The summed E-state index contributed by atoms with van der Waals surface area (Å²) >= 11 is 1.46. The van der Waals surface area contributed by atoms with Crippen LogP contribution in [0, 0.1) is 5.82 Å². The molecule has 2 rings (SSSR count). The fourth-order valence-corrected chi connectivity index (χ4v) is 2.28. The largest absolute Gasteiger partial charge is 0.496 e. The molecule has 0 bridgehead atoms. The van der Waals surface area contributed by atoms with Crippen LogP contribution >= 0.6 is 11.3 Å². The lowest BCUT2D eigenvalue weighted by molar-refractivity contribution is 0.415. The van der Waals surface area contributed by atoms with Crippen molar-refractivity contribution in [1.29, 1.82) is 0 Å². The van der Waals surface area contributed by atoms with Gasteiger partial charge in [0.25, 0.3) is 0 Å². The number of methoxy groups -OCH3 is 1. The van der Waals surface area contributed by atoms with Crippen molar-refractivity contribution in [2.75, 3.05) is 7.11 Å². The molecule has 17 heavy (non-hydrogen) atoms. The van der Waals surface area contributed by atoms with E-state index in [4.69, 9.17) is 10.5 Å². The molecule has 2 aromatic rings. The van der Waals surface area contributed by atoms with E-state index in [1.165, 1.54) is 23.5 Å². The Balaban J connectivity index is 2.47. The minimum absolute atomic E-state index is 0.117. The lowest BCUT2D eigenvalue weighted by Crippen LogP contribution is -2.04. The SMILES string of the molecule is COc1ccc(F)cc1-c1csc(C(C)N)n1. The summed E-state index contributed by atoms with van der Waals surface area (Å²) in [4.78, 5) is 4.38. The van der Waals surface area contributed by atoms with Crippen LogP contribution in [-0.4, -0.2) is 12.1 Å². The molecular formula is C12H13FN2OS. The van der Waals surface area contributed by atoms with E-state index in [-0.39, 0.29) is 11.9 Å². The first-order valence-corrected chi connectivity index (χ1v) is 6.04. The maximum absolute atomic E-state index is 13.2. The zero-order valence-corrected chi connectivity index (χ0v) is 10.4. The minimum atomic E-state index is -0.309. The van der Waals surface area contributed by atoms with Gasteiger partial charge < -0.3 is 10.5 Å². The highest BCUT2D eigenvalue weighted by atomic mass is 32.1. The lowest BCUT2D eigenvalue weighted by Gasteiger charge is -2.06. The number of rotatable bonds is 3. The summed E-state index contributed by atoms with van der Waals surface area (Å²) in [6, 6.07) is 4.25. The number of benzene rings is 1. The molecule has 1 aromatic carbocycles. The molecule has 0 saturated carbocycles. The topological polar surface area (TPSA) is 48.1 Å². The van der Waals surface area contributed by atoms with Crippen LogP contribution < -0.4 is 10.5 Å². The molecule has 5 heteroatoms. The molecule has 1 atom stereocenters. The van der Waals surface area contributed by atoms with Crippen LogP contribution in [0.4, 0.5) is 4.39 Å². The Labute approximate surface area is 103 Å². The second kappa shape index (κ2) is 4.81. The third-order valence-corrected chi connectivity index (χ3v) is 3.39. The van der Waals surface area contributed by atoms with Crippen molar-refractivity contribution in [3.05, 3.63) is 34.4 Å². The van der Waals surface area contributed by atoms with E-state index in [0.717, 1.165) is 5.01 Å². The van der Waals surface area contributed by atoms with Crippen molar-refractivity contribution >= 4 is 11.3 Å². The van der Waals surface area contributed by atoms with Crippen LogP contribution in [0.1, 0.15) is 18.0 Å². The van der Waals surface area contributed by atoms with E-state index in [1.807, 2.05) is 12.3 Å². The van der Waals surface area contributed by atoms with Crippen molar-refractivity contribution in [3.63, 3.8) is 0 Å². The zero-order chi connectivity index (χ0) is 12.4. The monoisotopic (exact) mass is 252 g/mol. The van der Waals surface area contributed by atoms with E-state index in [1.54, 1.807) is 13.2 Å². The molecule has 0 aliphatic heterocycles. The molecule has 1 heterocycles. The van der Waals surface area contributed by atoms with Crippen molar-refractivity contribution < 1.29 is 9.13 Å². The number of nitrogens with two attached hydrogens (primary N) is 1. The number of hydrogen-bond donors (Lipinski definition) is 1. The molecular weight excluding hydrogens is 239 g/mol. The highest BCUT2D eigenvalue weighted by Crippen LogP contribution is 2.32. The molecule has 0 amide bonds. The Morgan fingerprint density at radius 1 is 1.47 bits per heavy atom. The van der Waals surface area contributed by atoms with Gasteiger partial charge in [-0.25, -0.2) is 9.37 Å². The predicted octanol–water partition coefficient (Wildman–Crippen LogP) is 2.98. The molecule has 0 aliphatic rings. The van der Waals surface area contributed by atoms with Crippen LogP contribution in [0.5, 0.6) is 5.75 Å². The summed E-state index contributed by atoms with van der Waals surface area (Å²) < 4.78 is 18.4. The second-order valence-corrected chi connectivity index (χ2v) is 4.59. The van der Waals surface area contributed by atoms with E-state index < -0.39 is 0 Å². The number of aromatic nitrogens is 1. The Kier molecular flexibility index (Phi) is 3.40. The summed E-state index contributed by atoms with van der Waals surface area (Å²) in [5.74, 6) is 0.295. The van der Waals surface area contributed by atoms with Gasteiger partial charge >= 0.3 is 0 Å². The van der Waals surface area contributed by atoms with Gasteiger partial charge in [-0.2, -0.15) is 0 Å². The van der Waals surface area contributed by atoms with Gasteiger partial charge in [-0.3, -0.25) is 0 Å². The molecule has 1 aromatic heterocycles. The standard InChI is InChI=1S/C12H13FN2OS/c1-7(14)12-15-10(6-17-12)9-5-8(13)3-4-11(9)16-2/h3-7H,14H2,1-2H3. The number of hydrogen-bond acceptors (Lipinski definition) is 4. The van der Waals surface area contributed by atoms with Crippen molar-refractivity contribution in [2.45, 2.75) is 13.0 Å². The maximum atomic E-state index is 13.2. The molecule has 0 spiro atoms. The normalized spacial score (nSPS) is 12.5. The Hall–Kier alpha value is -1.46. The van der Waals surface area contributed by atoms with Crippen LogP contribution in [0.25, 0.3) is 11.3 Å². The third-order valence-electron chi connectivity index (χ3n) is 2.35. The van der Waals surface area contributed by atoms with E-state index in [9.17, 15) is 4.39 Å². The third kappa shape index (κ3) is 2.45. The first kappa shape index (κ1) is 12.0. The second-order valence-electron chi connectivity index (χ2n) is 3.70. The molecule has 0 aliphatic carbocycles. The Morgan fingerprint density at radius 3 is 2.82 bits per heavy atom. The lowest BCUT2D eigenvalue weighted by atomic mass is 10.1. The molecule has 90 valence electrons. The summed E-state index contributed by atoms with van der Waals surface area (Å²) in [5, 5.41) is 2.68. The summed E-state index contributed by atoms with van der Waals surface area (Å²) in [6.45, 7) is 1.87. The number of ether oxygens (including phenoxy) is 1. The molecule has 0 fully saturated rings. The minimum Gasteiger partial charge on any atom is -0.496 e. The molecule has 2 N–H and O–H groups in total. The van der Waals surface area contributed by atoms with E-state index in [2.05, 4.69) is 4.98 Å². The van der Waals surface area contributed by atoms with E-state index >= 15 is 0 Å². The van der Waals surface area contributed by atoms with Crippen LogP contribution in [0.2, 0.25) is 0 Å². The van der Waals surface area contributed by atoms with Gasteiger partial charge in [0.15, 0.2) is 0 Å². The average Bonchev–Trinajstić information content (AvgIpc) is 2.78. The van der Waals surface area contributed by atoms with Crippen LogP contribution in [0.3, 0.4) is 0 Å². The molecule has 3 nitrogen and oxygen atoms in total. The predicted molar refractivity (Wildman–Crippen MR) is 66.7 cm³/mol. The number of halogens is 1. The Bertz CT molecular complexity index is 525. The molecule has 1 unspecified atom stereocenters. The van der Waals surface area contributed by atoms with Gasteiger partial charge in [-0.05, 0) is 25.1 Å². The number of thiazole rings is 1. The summed E-state index contributed by atoms with van der Waals surface area (Å²) in [5.41, 5.74) is 7.09. The summed E-state index contributed by atoms with van der Waals surface area (Å²) in [7, 11) is 1.55. The van der Waals surface area contributed by atoms with Crippen molar-refractivity contribution in [1.82, 2.24) is 4.98 Å². The Morgan fingerprint density at radius 2 is 2.24 bits per heavy atom. The fourth-order valence-electron chi connectivity index (χ4n) is 1.50. The quantitative estimate of drug-likeness (QED) is 0.913. The highest BCUT2D eigenvalue weighted by Gasteiger charge is 2.12.